The van der Waals surface area contributed by atoms with Crippen LogP contribution in [0.4, 0.5) is 0 Å². The van der Waals surface area contributed by atoms with Gasteiger partial charge in [0.05, 0.1) is 18.2 Å². The molecule has 0 N–H and O–H groups in total. The van der Waals surface area contributed by atoms with E-state index in [0.29, 0.717) is 46.6 Å². The third-order valence-electron chi connectivity index (χ3n) is 5.70. The molecule has 0 unspecified atom stereocenters. The van der Waals surface area contributed by atoms with E-state index in [1.54, 1.807) is 30.3 Å². The van der Waals surface area contributed by atoms with E-state index < -0.39 is 0 Å². The van der Waals surface area contributed by atoms with Gasteiger partial charge in [0.1, 0.15) is 11.3 Å². The van der Waals surface area contributed by atoms with Crippen LogP contribution in [0.15, 0.2) is 39.5 Å². The average molecular weight is 441 g/mol. The molecule has 0 fully saturated rings. The highest BCUT2D eigenvalue weighted by atomic mass is 35.5. The molecule has 1 aliphatic carbocycles. The molecule has 0 saturated heterocycles. The van der Waals surface area contributed by atoms with Crippen molar-refractivity contribution in [2.75, 3.05) is 19.8 Å². The van der Waals surface area contributed by atoms with Crippen LogP contribution in [0.2, 0.25) is 5.02 Å². The van der Waals surface area contributed by atoms with E-state index in [2.05, 4.69) is 0 Å². The van der Waals surface area contributed by atoms with Crippen LogP contribution in [0.3, 0.4) is 0 Å². The zero-order valence-corrected chi connectivity index (χ0v) is 17.6. The Bertz CT molecular complexity index is 1230. The van der Waals surface area contributed by atoms with Crippen molar-refractivity contribution in [2.45, 2.75) is 32.1 Å². The van der Waals surface area contributed by atoms with E-state index in [1.807, 2.05) is 0 Å². The van der Waals surface area contributed by atoms with Crippen molar-refractivity contribution in [3.05, 3.63) is 62.5 Å². The second kappa shape index (κ2) is 8.27. The van der Waals surface area contributed by atoms with Crippen LogP contribution >= 0.6 is 11.6 Å². The second-order valence-electron chi connectivity index (χ2n) is 7.76. The third-order valence-corrected chi connectivity index (χ3v) is 6.00. The summed E-state index contributed by atoms with van der Waals surface area (Å²) in [5.74, 6) is 1.26. The Hall–Kier alpha value is -2.99. The van der Waals surface area contributed by atoms with Crippen LogP contribution in [0, 0.1) is 0 Å². The SMILES string of the molecule is O=C(COc1cc2oc(=O)c3c(c2cc1Cl)CCCC3)c1ccc2c(c1)OCCCO2. The molecule has 3 aromatic rings. The van der Waals surface area contributed by atoms with Crippen molar-refractivity contribution >= 4 is 28.4 Å². The maximum atomic E-state index is 12.7. The molecule has 0 spiro atoms. The second-order valence-corrected chi connectivity index (χ2v) is 8.16. The number of carbonyl (C=O) groups excluding carboxylic acids is 1. The normalized spacial score (nSPS) is 15.3. The van der Waals surface area contributed by atoms with Gasteiger partial charge in [0.2, 0.25) is 0 Å². The van der Waals surface area contributed by atoms with E-state index in [1.165, 1.54) is 0 Å². The molecule has 1 aliphatic heterocycles. The molecule has 0 saturated carbocycles. The lowest BCUT2D eigenvalue weighted by molar-refractivity contribution is 0.0921. The molecule has 31 heavy (non-hydrogen) atoms. The number of carbonyl (C=O) groups is 1. The van der Waals surface area contributed by atoms with E-state index in [4.69, 9.17) is 30.2 Å². The molecule has 0 atom stereocenters. The third kappa shape index (κ3) is 3.88. The van der Waals surface area contributed by atoms with Gasteiger partial charge in [0.25, 0.3) is 0 Å². The van der Waals surface area contributed by atoms with E-state index in [0.717, 1.165) is 48.6 Å². The highest BCUT2D eigenvalue weighted by Crippen LogP contribution is 2.35. The van der Waals surface area contributed by atoms with Gasteiger partial charge in [-0.15, -0.1) is 0 Å². The summed E-state index contributed by atoms with van der Waals surface area (Å²) in [5.41, 5.74) is 2.33. The minimum absolute atomic E-state index is 0.208. The standard InChI is InChI=1S/C24H21ClO6/c25-18-11-17-15-4-1-2-5-16(15)24(27)31-21(17)12-22(18)30-13-19(26)14-6-7-20-23(10-14)29-9-3-8-28-20/h6-7,10-12H,1-5,8-9,13H2. The van der Waals surface area contributed by atoms with Gasteiger partial charge in [0, 0.05) is 29.0 Å². The van der Waals surface area contributed by atoms with Gasteiger partial charge in [0.15, 0.2) is 23.9 Å². The first-order valence-corrected chi connectivity index (χ1v) is 10.8. The number of ether oxygens (including phenoxy) is 3. The molecule has 6 nitrogen and oxygen atoms in total. The first-order valence-electron chi connectivity index (χ1n) is 10.4. The predicted octanol–water partition coefficient (Wildman–Crippen LogP) is 4.75. The van der Waals surface area contributed by atoms with E-state index in [9.17, 15) is 9.59 Å². The van der Waals surface area contributed by atoms with Gasteiger partial charge < -0.3 is 18.6 Å². The number of aryl methyl sites for hydroxylation is 1. The van der Waals surface area contributed by atoms with Crippen LogP contribution in [-0.4, -0.2) is 25.6 Å². The van der Waals surface area contributed by atoms with Crippen LogP contribution in [0.1, 0.15) is 40.7 Å². The van der Waals surface area contributed by atoms with Gasteiger partial charge in [-0.1, -0.05) is 11.6 Å². The minimum Gasteiger partial charge on any atom is -0.490 e. The van der Waals surface area contributed by atoms with Crippen LogP contribution < -0.4 is 19.8 Å². The van der Waals surface area contributed by atoms with E-state index in [-0.39, 0.29) is 18.0 Å². The van der Waals surface area contributed by atoms with Crippen LogP contribution in [0.25, 0.3) is 11.0 Å². The topological polar surface area (TPSA) is 75.0 Å². The molecular formula is C24H21ClO6. The fraction of sp³-hybridized carbons (Fsp3) is 0.333. The summed E-state index contributed by atoms with van der Waals surface area (Å²) >= 11 is 6.44. The Balaban J connectivity index is 1.38. The maximum Gasteiger partial charge on any atom is 0.339 e. The lowest BCUT2D eigenvalue weighted by Crippen LogP contribution is -2.16. The summed E-state index contributed by atoms with van der Waals surface area (Å²) < 4.78 is 22.5. The zero-order valence-electron chi connectivity index (χ0n) is 16.9. The Morgan fingerprint density at radius 2 is 1.74 bits per heavy atom. The molecule has 0 bridgehead atoms. The molecule has 0 amide bonds. The first-order chi connectivity index (χ1) is 15.1. The minimum atomic E-state index is -0.307. The number of ketones is 1. The van der Waals surface area contributed by atoms with Gasteiger partial charge in [-0.2, -0.15) is 0 Å². The fourth-order valence-electron chi connectivity index (χ4n) is 4.12. The number of rotatable bonds is 4. The van der Waals surface area contributed by atoms with E-state index >= 15 is 0 Å². The Morgan fingerprint density at radius 3 is 2.58 bits per heavy atom. The number of Topliss-reactive ketones (excluding diaryl/α,β-unsaturated/α-hetero) is 1. The number of fused-ring (bicyclic) bond motifs is 4. The summed E-state index contributed by atoms with van der Waals surface area (Å²) in [7, 11) is 0. The van der Waals surface area contributed by atoms with Crippen molar-refractivity contribution < 1.29 is 23.4 Å². The molecular weight excluding hydrogens is 420 g/mol. The van der Waals surface area contributed by atoms with Crippen molar-refractivity contribution in [3.8, 4) is 17.2 Å². The first kappa shape index (κ1) is 19.9. The highest BCUT2D eigenvalue weighted by molar-refractivity contribution is 6.32. The van der Waals surface area contributed by atoms with Gasteiger partial charge >= 0.3 is 5.63 Å². The lowest BCUT2D eigenvalue weighted by atomic mass is 9.91. The molecule has 7 heteroatoms. The number of halogens is 1. The molecule has 2 aromatic carbocycles. The van der Waals surface area contributed by atoms with Crippen LogP contribution in [0.5, 0.6) is 17.2 Å². The largest absolute Gasteiger partial charge is 0.490 e. The van der Waals surface area contributed by atoms with Crippen molar-refractivity contribution in [1.29, 1.82) is 0 Å². The summed E-state index contributed by atoms with van der Waals surface area (Å²) in [4.78, 5) is 25.0. The molecule has 1 aromatic heterocycles. The molecule has 2 heterocycles. The predicted molar refractivity (Wildman–Crippen MR) is 116 cm³/mol. The summed E-state index contributed by atoms with van der Waals surface area (Å²) in [5, 5.41) is 1.21. The Kier molecular flexibility index (Phi) is 5.32. The monoisotopic (exact) mass is 440 g/mol. The summed E-state index contributed by atoms with van der Waals surface area (Å²) in [6.07, 6.45) is 4.37. The maximum absolute atomic E-state index is 12.7. The average Bonchev–Trinajstić information content (AvgIpc) is 3.03. The number of hydrogen-bond donors (Lipinski definition) is 0. The zero-order chi connectivity index (χ0) is 21.4. The van der Waals surface area contributed by atoms with Crippen molar-refractivity contribution in [2.24, 2.45) is 0 Å². The summed E-state index contributed by atoms with van der Waals surface area (Å²) in [6.45, 7) is 0.923. The highest BCUT2D eigenvalue weighted by Gasteiger charge is 2.20. The van der Waals surface area contributed by atoms with Gasteiger partial charge in [-0.3, -0.25) is 4.79 Å². The van der Waals surface area contributed by atoms with Crippen LogP contribution in [-0.2, 0) is 12.8 Å². The van der Waals surface area contributed by atoms with Crippen molar-refractivity contribution in [1.82, 2.24) is 0 Å². The Morgan fingerprint density at radius 1 is 0.968 bits per heavy atom. The molecule has 160 valence electrons. The summed E-state index contributed by atoms with van der Waals surface area (Å²) in [6, 6.07) is 8.44. The molecule has 2 aliphatic rings. The van der Waals surface area contributed by atoms with Gasteiger partial charge in [-0.05, 0) is 55.5 Å². The quantitative estimate of drug-likeness (QED) is 0.430. The number of hydrogen-bond acceptors (Lipinski definition) is 6. The van der Waals surface area contributed by atoms with Gasteiger partial charge in [-0.25, -0.2) is 4.79 Å². The number of benzene rings is 2. The van der Waals surface area contributed by atoms with Crippen molar-refractivity contribution in [3.63, 3.8) is 0 Å². The molecule has 5 rings (SSSR count). The lowest BCUT2D eigenvalue weighted by Gasteiger charge is -2.17. The fourth-order valence-corrected chi connectivity index (χ4v) is 4.34. The molecule has 0 radical (unpaired) electrons. The Labute approximate surface area is 183 Å². The smallest absolute Gasteiger partial charge is 0.339 e.